The number of hydrogen-bond acceptors (Lipinski definition) is 8. The van der Waals surface area contributed by atoms with Gasteiger partial charge in [-0.1, -0.05) is 49.6 Å². The number of aromatic nitrogens is 1. The Morgan fingerprint density at radius 3 is 2.33 bits per heavy atom. The molecule has 10 nitrogen and oxygen atoms in total. The Kier molecular flexibility index (Phi) is 9.28. The van der Waals surface area contributed by atoms with Crippen molar-refractivity contribution in [2.45, 2.75) is 61.9 Å². The summed E-state index contributed by atoms with van der Waals surface area (Å²) in [4.78, 5) is 37.9. The van der Waals surface area contributed by atoms with Crippen LogP contribution in [0.5, 0.6) is 0 Å². The van der Waals surface area contributed by atoms with Gasteiger partial charge in [0.25, 0.3) is 0 Å². The Morgan fingerprint density at radius 2 is 1.71 bits per heavy atom. The lowest BCUT2D eigenvalue weighted by Gasteiger charge is -2.44. The van der Waals surface area contributed by atoms with Gasteiger partial charge in [-0.25, -0.2) is 18.2 Å². The van der Waals surface area contributed by atoms with E-state index in [1.165, 1.54) is 10.5 Å². The highest BCUT2D eigenvalue weighted by Crippen LogP contribution is 2.42. The summed E-state index contributed by atoms with van der Waals surface area (Å²) in [6, 6.07) is 14.7. The van der Waals surface area contributed by atoms with Gasteiger partial charge in [0.1, 0.15) is 15.6 Å². The molecule has 4 heterocycles. The first kappa shape index (κ1) is 31.7. The van der Waals surface area contributed by atoms with Crippen molar-refractivity contribution in [2.75, 3.05) is 50.1 Å². The van der Waals surface area contributed by atoms with Crippen LogP contribution in [0.2, 0.25) is 0 Å². The predicted molar refractivity (Wildman–Crippen MR) is 176 cm³/mol. The average molecular weight is 652 g/mol. The smallest absolute Gasteiger partial charge is 0.348 e. The van der Waals surface area contributed by atoms with Crippen LogP contribution >= 0.6 is 11.3 Å². The number of hydrogen-bond donors (Lipinski definition) is 1. The minimum absolute atomic E-state index is 0.0613. The third-order valence-corrected chi connectivity index (χ3v) is 12.6. The largest absolute Gasteiger partial charge is 0.477 e. The fraction of sp³-hybridized carbons (Fsp3) is 0.485. The lowest BCUT2D eigenvalue weighted by molar-refractivity contribution is -0.121. The van der Waals surface area contributed by atoms with Gasteiger partial charge in [-0.2, -0.15) is 4.31 Å². The summed E-state index contributed by atoms with van der Waals surface area (Å²) in [6.07, 6.45) is 8.26. The van der Waals surface area contributed by atoms with Crippen LogP contribution in [0.4, 0.5) is 11.5 Å². The van der Waals surface area contributed by atoms with Gasteiger partial charge in [-0.05, 0) is 69.5 Å². The van der Waals surface area contributed by atoms with E-state index < -0.39 is 27.9 Å². The highest BCUT2D eigenvalue weighted by molar-refractivity contribution is 7.89. The van der Waals surface area contributed by atoms with E-state index in [1.807, 2.05) is 30.3 Å². The van der Waals surface area contributed by atoms with E-state index >= 15 is 0 Å². The number of benzene rings is 1. The second kappa shape index (κ2) is 13.2. The molecule has 45 heavy (non-hydrogen) atoms. The number of nitrogens with zero attached hydrogens (tertiary/aromatic N) is 5. The number of sulfonamides is 1. The molecule has 0 radical (unpaired) electrons. The molecule has 240 valence electrons. The molecule has 0 bridgehead atoms. The third-order valence-electron chi connectivity index (χ3n) is 9.60. The zero-order chi connectivity index (χ0) is 31.7. The van der Waals surface area contributed by atoms with Crippen molar-refractivity contribution in [1.29, 1.82) is 0 Å². The molecule has 0 spiro atoms. The summed E-state index contributed by atoms with van der Waals surface area (Å²) in [7, 11) is 0.165. The van der Waals surface area contributed by atoms with Gasteiger partial charge in [0, 0.05) is 36.8 Å². The fourth-order valence-corrected chi connectivity index (χ4v) is 9.42. The number of carbonyl (C=O) groups excluding carboxylic acids is 1. The molecule has 3 aliphatic rings. The van der Waals surface area contributed by atoms with E-state index in [1.54, 1.807) is 23.1 Å². The summed E-state index contributed by atoms with van der Waals surface area (Å²) in [5, 5.41) is 10.2. The maximum Gasteiger partial charge on any atom is 0.348 e. The fourth-order valence-electron chi connectivity index (χ4n) is 7.07. The molecular weight excluding hydrogens is 611 g/mol. The monoisotopic (exact) mass is 651 g/mol. The second-order valence-corrected chi connectivity index (χ2v) is 15.5. The molecule has 1 N–H and O–H groups in total. The molecule has 6 rings (SSSR count). The van der Waals surface area contributed by atoms with E-state index in [0.29, 0.717) is 11.7 Å². The minimum Gasteiger partial charge on any atom is -0.477 e. The molecule has 1 saturated carbocycles. The Labute approximate surface area is 269 Å². The van der Waals surface area contributed by atoms with Gasteiger partial charge in [0.05, 0.1) is 18.3 Å². The summed E-state index contributed by atoms with van der Waals surface area (Å²) < 4.78 is 29.2. The standard InChI is InChI=1S/C33H41N5O5S2/c1-35(2)25-15-17-36(18-16-25)30-14-13-26(20-34-30)45(42,43)37-21-28(23-9-5-3-6-10-23)38(31(39)22-37)27-19-29(44-32(27)33(40)41)24-11-7-4-8-12-24/h4,7-8,11-14,19-20,23,25,28H,3,5-6,9-10,15-18,21-22H2,1-2H3,(H,40,41). The maximum atomic E-state index is 14.0. The summed E-state index contributed by atoms with van der Waals surface area (Å²) >= 11 is 1.14. The van der Waals surface area contributed by atoms with E-state index in [2.05, 4.69) is 28.9 Å². The lowest BCUT2D eigenvalue weighted by Crippen LogP contribution is -2.60. The van der Waals surface area contributed by atoms with Gasteiger partial charge in [-0.3, -0.25) is 4.79 Å². The van der Waals surface area contributed by atoms with Gasteiger partial charge in [-0.15, -0.1) is 11.3 Å². The van der Waals surface area contributed by atoms with Crippen molar-refractivity contribution >= 4 is 44.7 Å². The summed E-state index contributed by atoms with van der Waals surface area (Å²) in [6.45, 7) is 1.46. The number of pyridine rings is 1. The first-order valence-electron chi connectivity index (χ1n) is 15.8. The number of piperidine rings is 1. The van der Waals surface area contributed by atoms with Crippen molar-refractivity contribution in [3.05, 3.63) is 59.6 Å². The Hall–Kier alpha value is -3.32. The number of anilines is 2. The van der Waals surface area contributed by atoms with Gasteiger partial charge in [0.15, 0.2) is 0 Å². The SMILES string of the molecule is CN(C)C1CCN(c2ccc(S(=O)(=O)N3CC(=O)N(c4cc(-c5ccccc5)sc4C(=O)O)C(C4CCCCC4)C3)cn2)CC1. The van der Waals surface area contributed by atoms with Crippen LogP contribution in [0, 0.1) is 5.92 Å². The molecule has 2 saturated heterocycles. The van der Waals surface area contributed by atoms with E-state index in [9.17, 15) is 23.1 Å². The third kappa shape index (κ3) is 6.51. The van der Waals surface area contributed by atoms with Gasteiger partial charge < -0.3 is 19.8 Å². The van der Waals surface area contributed by atoms with Crippen molar-refractivity contribution in [3.8, 4) is 10.4 Å². The molecule has 2 aromatic heterocycles. The second-order valence-electron chi connectivity index (χ2n) is 12.6. The number of aromatic carboxylic acids is 1. The van der Waals surface area contributed by atoms with Crippen LogP contribution in [0.25, 0.3) is 10.4 Å². The summed E-state index contributed by atoms with van der Waals surface area (Å²) in [5.41, 5.74) is 1.23. The topological polar surface area (TPSA) is 114 Å². The number of carboxylic acids is 1. The molecular formula is C33H41N5O5S2. The molecule has 2 aliphatic heterocycles. The highest BCUT2D eigenvalue weighted by Gasteiger charge is 2.44. The van der Waals surface area contributed by atoms with Crippen LogP contribution in [-0.4, -0.2) is 91.9 Å². The average Bonchev–Trinajstić information content (AvgIpc) is 3.51. The van der Waals surface area contributed by atoms with Crippen molar-refractivity contribution in [1.82, 2.24) is 14.2 Å². The number of rotatable bonds is 8. The van der Waals surface area contributed by atoms with Gasteiger partial charge in [0.2, 0.25) is 15.9 Å². The molecule has 1 amide bonds. The van der Waals surface area contributed by atoms with Gasteiger partial charge >= 0.3 is 5.97 Å². The van der Waals surface area contributed by atoms with Crippen molar-refractivity contribution in [2.24, 2.45) is 5.92 Å². The quantitative estimate of drug-likeness (QED) is 0.361. The van der Waals surface area contributed by atoms with Crippen LogP contribution < -0.4 is 9.80 Å². The predicted octanol–water partition coefficient (Wildman–Crippen LogP) is 5.03. The normalized spacial score (nSPS) is 21.0. The van der Waals surface area contributed by atoms with Crippen LogP contribution in [-0.2, 0) is 14.8 Å². The molecule has 1 aromatic carbocycles. The maximum absolute atomic E-state index is 14.0. The van der Waals surface area contributed by atoms with Crippen LogP contribution in [0.3, 0.4) is 0 Å². The molecule has 3 aromatic rings. The molecule has 12 heteroatoms. The Balaban J connectivity index is 1.28. The number of amides is 1. The molecule has 3 fully saturated rings. The van der Waals surface area contributed by atoms with E-state index in [-0.39, 0.29) is 28.8 Å². The minimum atomic E-state index is -4.02. The number of carboxylic acid groups (broad SMARTS) is 1. The Morgan fingerprint density at radius 1 is 1.00 bits per heavy atom. The molecule has 1 unspecified atom stereocenters. The van der Waals surface area contributed by atoms with Crippen molar-refractivity contribution < 1.29 is 23.1 Å². The first-order chi connectivity index (χ1) is 21.6. The Bertz CT molecular complexity index is 1610. The molecule has 1 atom stereocenters. The summed E-state index contributed by atoms with van der Waals surface area (Å²) in [5.74, 6) is -0.693. The van der Waals surface area contributed by atoms with E-state index in [0.717, 1.165) is 85.6 Å². The first-order valence-corrected chi connectivity index (χ1v) is 18.0. The lowest BCUT2D eigenvalue weighted by atomic mass is 9.82. The number of thiophene rings is 1. The van der Waals surface area contributed by atoms with Crippen molar-refractivity contribution in [3.63, 3.8) is 0 Å². The zero-order valence-corrected chi connectivity index (χ0v) is 27.5. The molecule has 1 aliphatic carbocycles. The highest BCUT2D eigenvalue weighted by atomic mass is 32.2. The number of piperazine rings is 1. The number of carbonyl (C=O) groups is 2. The van der Waals surface area contributed by atoms with Crippen LogP contribution in [0.1, 0.15) is 54.6 Å². The zero-order valence-electron chi connectivity index (χ0n) is 25.8. The van der Waals surface area contributed by atoms with E-state index in [4.69, 9.17) is 0 Å². The van der Waals surface area contributed by atoms with Crippen LogP contribution in [0.15, 0.2) is 59.6 Å².